The van der Waals surface area contributed by atoms with Gasteiger partial charge in [0.05, 0.1) is 21.8 Å². The number of nitrogens with one attached hydrogen (secondary N) is 1. The Hall–Kier alpha value is -0.850. The first-order valence-electron chi connectivity index (χ1n) is 5.31. The Balaban J connectivity index is 2.51. The van der Waals surface area contributed by atoms with Crippen LogP contribution in [0, 0.1) is 5.82 Å². The fraction of sp³-hybridized carbons (Fsp3) is 0.167. The minimum Gasteiger partial charge on any atom is -0.494 e. The zero-order chi connectivity index (χ0) is 14.0. The van der Waals surface area contributed by atoms with E-state index in [1.807, 2.05) is 0 Å². The normalized spacial score (nSPS) is 12.5. The van der Waals surface area contributed by atoms with Crippen LogP contribution in [0.4, 0.5) is 4.39 Å². The molecular weight excluding hydrogens is 310 g/mol. The van der Waals surface area contributed by atoms with E-state index in [-0.39, 0.29) is 5.75 Å². The molecule has 19 heavy (non-hydrogen) atoms. The molecule has 0 bridgehead atoms. The van der Waals surface area contributed by atoms with Crippen LogP contribution >= 0.6 is 34.5 Å². The molecule has 0 aliphatic carbocycles. The molecule has 7 heteroatoms. The summed E-state index contributed by atoms with van der Waals surface area (Å²) in [6.45, 7) is 0. The fourth-order valence-corrected chi connectivity index (χ4v) is 3.34. The van der Waals surface area contributed by atoms with E-state index >= 15 is 0 Å². The van der Waals surface area contributed by atoms with Gasteiger partial charge in [0, 0.05) is 11.1 Å². The fourth-order valence-electron chi connectivity index (χ4n) is 1.81. The average molecular weight is 321 g/mol. The topological polar surface area (TPSA) is 47.3 Å². The van der Waals surface area contributed by atoms with Crippen molar-refractivity contribution in [3.05, 3.63) is 49.9 Å². The smallest absolute Gasteiger partial charge is 0.170 e. The van der Waals surface area contributed by atoms with Gasteiger partial charge >= 0.3 is 0 Å². The van der Waals surface area contributed by atoms with Crippen LogP contribution in [0.1, 0.15) is 17.2 Å². The number of halogens is 3. The van der Waals surface area contributed by atoms with Crippen LogP contribution in [-0.4, -0.2) is 7.11 Å². The van der Waals surface area contributed by atoms with E-state index < -0.39 is 11.9 Å². The van der Waals surface area contributed by atoms with Crippen molar-refractivity contribution in [1.29, 1.82) is 0 Å². The lowest BCUT2D eigenvalue weighted by Crippen LogP contribution is -2.29. The highest BCUT2D eigenvalue weighted by molar-refractivity contribution is 7.20. The number of hydrazine groups is 1. The third-order valence-electron chi connectivity index (χ3n) is 2.68. The van der Waals surface area contributed by atoms with Gasteiger partial charge in [-0.15, -0.1) is 11.3 Å². The summed E-state index contributed by atoms with van der Waals surface area (Å²) < 4.78 is 20.2. The largest absolute Gasteiger partial charge is 0.494 e. The van der Waals surface area contributed by atoms with Crippen molar-refractivity contribution in [2.24, 2.45) is 5.84 Å². The summed E-state index contributed by atoms with van der Waals surface area (Å²) in [4.78, 5) is 0. The first kappa shape index (κ1) is 14.6. The van der Waals surface area contributed by atoms with Crippen molar-refractivity contribution in [2.45, 2.75) is 6.04 Å². The van der Waals surface area contributed by atoms with Crippen LogP contribution in [0.15, 0.2) is 24.3 Å². The number of ether oxygens (including phenoxy) is 1. The number of methoxy groups -OCH3 is 1. The van der Waals surface area contributed by atoms with E-state index in [0.29, 0.717) is 19.8 Å². The summed E-state index contributed by atoms with van der Waals surface area (Å²) in [5, 5.41) is 0. The molecule has 3 nitrogen and oxygen atoms in total. The summed E-state index contributed by atoms with van der Waals surface area (Å²) in [6.07, 6.45) is 0. The molecule has 102 valence electrons. The van der Waals surface area contributed by atoms with Crippen LogP contribution in [-0.2, 0) is 0 Å². The highest BCUT2D eigenvalue weighted by atomic mass is 35.5. The molecule has 1 unspecified atom stereocenters. The van der Waals surface area contributed by atoms with Crippen LogP contribution < -0.4 is 16.0 Å². The van der Waals surface area contributed by atoms with Crippen molar-refractivity contribution in [1.82, 2.24) is 5.43 Å². The Morgan fingerprint density at radius 2 is 2.11 bits per heavy atom. The number of benzene rings is 1. The predicted octanol–water partition coefficient (Wildman–Crippen LogP) is 3.76. The molecule has 1 heterocycles. The zero-order valence-corrected chi connectivity index (χ0v) is 12.2. The van der Waals surface area contributed by atoms with E-state index in [1.165, 1.54) is 24.5 Å². The summed E-state index contributed by atoms with van der Waals surface area (Å²) in [5.41, 5.74) is 3.53. The molecule has 3 N–H and O–H groups in total. The van der Waals surface area contributed by atoms with Crippen LogP contribution in [0.3, 0.4) is 0 Å². The second-order valence-corrected chi connectivity index (χ2v) is 6.03. The maximum absolute atomic E-state index is 14.2. The molecule has 0 amide bonds. The molecule has 1 aromatic carbocycles. The molecule has 1 atom stereocenters. The Bertz CT molecular complexity index is 591. The SMILES string of the molecule is COc1cccc(C(NN)c2cc(Cl)sc2Cl)c1F. The Morgan fingerprint density at radius 1 is 1.37 bits per heavy atom. The highest BCUT2D eigenvalue weighted by Crippen LogP contribution is 2.38. The van der Waals surface area contributed by atoms with Gasteiger partial charge in [0.25, 0.3) is 0 Å². The van der Waals surface area contributed by atoms with Gasteiger partial charge in [-0.3, -0.25) is 5.84 Å². The van der Waals surface area contributed by atoms with Crippen LogP contribution in [0.5, 0.6) is 5.75 Å². The maximum atomic E-state index is 14.2. The first-order chi connectivity index (χ1) is 9.08. The molecule has 1 aromatic heterocycles. The highest BCUT2D eigenvalue weighted by Gasteiger charge is 2.23. The third-order valence-corrected chi connectivity index (χ3v) is 4.20. The molecule has 0 aliphatic heterocycles. The van der Waals surface area contributed by atoms with Gasteiger partial charge in [-0.2, -0.15) is 0 Å². The van der Waals surface area contributed by atoms with Gasteiger partial charge < -0.3 is 4.74 Å². The molecule has 2 rings (SSSR count). The summed E-state index contributed by atoms with van der Waals surface area (Å²) in [6, 6.07) is 5.91. The van der Waals surface area contributed by atoms with Crippen LogP contribution in [0.2, 0.25) is 8.67 Å². The minimum absolute atomic E-state index is 0.148. The van der Waals surface area contributed by atoms with Gasteiger partial charge in [-0.05, 0) is 12.1 Å². The van der Waals surface area contributed by atoms with Crippen molar-refractivity contribution in [3.63, 3.8) is 0 Å². The monoisotopic (exact) mass is 320 g/mol. The second kappa shape index (κ2) is 6.07. The maximum Gasteiger partial charge on any atom is 0.170 e. The van der Waals surface area contributed by atoms with Gasteiger partial charge in [0.2, 0.25) is 0 Å². The standard InChI is InChI=1S/C12H11Cl2FN2OS/c1-18-8-4-2-3-6(10(8)15)11(17-16)7-5-9(13)19-12(7)14/h2-5,11,17H,16H2,1H3. The Morgan fingerprint density at radius 3 is 2.63 bits per heavy atom. The van der Waals surface area contributed by atoms with Gasteiger partial charge in [-0.25, -0.2) is 9.82 Å². The van der Waals surface area contributed by atoms with E-state index in [4.69, 9.17) is 33.8 Å². The molecule has 0 spiro atoms. The molecule has 0 fully saturated rings. The van der Waals surface area contributed by atoms with Crippen molar-refractivity contribution >= 4 is 34.5 Å². The lowest BCUT2D eigenvalue weighted by Gasteiger charge is -2.17. The predicted molar refractivity (Wildman–Crippen MR) is 76.5 cm³/mol. The number of rotatable bonds is 4. The van der Waals surface area contributed by atoms with Gasteiger partial charge in [0.15, 0.2) is 11.6 Å². The van der Waals surface area contributed by atoms with E-state index in [0.717, 1.165) is 0 Å². The number of hydrogen-bond acceptors (Lipinski definition) is 4. The molecular formula is C12H11Cl2FN2OS. The summed E-state index contributed by atoms with van der Waals surface area (Å²) in [7, 11) is 1.40. The minimum atomic E-state index is -0.591. The molecule has 0 saturated heterocycles. The quantitative estimate of drug-likeness (QED) is 0.666. The molecule has 2 aromatic rings. The van der Waals surface area contributed by atoms with E-state index in [9.17, 15) is 4.39 Å². The van der Waals surface area contributed by atoms with Crippen molar-refractivity contribution in [3.8, 4) is 5.75 Å². The zero-order valence-electron chi connectivity index (χ0n) is 9.91. The average Bonchev–Trinajstić information content (AvgIpc) is 2.72. The molecule has 0 saturated carbocycles. The number of thiophene rings is 1. The van der Waals surface area contributed by atoms with Crippen molar-refractivity contribution < 1.29 is 9.13 Å². The van der Waals surface area contributed by atoms with E-state index in [2.05, 4.69) is 5.43 Å². The first-order valence-corrected chi connectivity index (χ1v) is 6.89. The molecule has 0 radical (unpaired) electrons. The van der Waals surface area contributed by atoms with Gasteiger partial charge in [-0.1, -0.05) is 35.3 Å². The lowest BCUT2D eigenvalue weighted by molar-refractivity contribution is 0.382. The molecule has 0 aliphatic rings. The number of hydrogen-bond donors (Lipinski definition) is 2. The van der Waals surface area contributed by atoms with Gasteiger partial charge in [0.1, 0.15) is 0 Å². The summed E-state index contributed by atoms with van der Waals surface area (Å²) in [5.74, 6) is 5.19. The second-order valence-electron chi connectivity index (χ2n) is 3.74. The van der Waals surface area contributed by atoms with E-state index in [1.54, 1.807) is 18.2 Å². The Labute approximate surface area is 124 Å². The Kier molecular flexibility index (Phi) is 4.65. The lowest BCUT2D eigenvalue weighted by atomic mass is 10.0. The number of nitrogens with two attached hydrogens (primary N) is 1. The van der Waals surface area contributed by atoms with Crippen molar-refractivity contribution in [2.75, 3.05) is 7.11 Å². The third kappa shape index (κ3) is 2.85. The van der Waals surface area contributed by atoms with Crippen LogP contribution in [0.25, 0.3) is 0 Å². The summed E-state index contributed by atoms with van der Waals surface area (Å²) >= 11 is 13.2.